The zero-order valence-electron chi connectivity index (χ0n) is 17.0. The number of likely N-dealkylation sites (N-methyl/N-ethyl adjacent to an activating group) is 2. The first kappa shape index (κ1) is 20.4. The molecule has 4 rings (SSSR count). The maximum absolute atomic E-state index is 12.6. The molecule has 0 saturated carbocycles. The Morgan fingerprint density at radius 3 is 2.70 bits per heavy atom. The minimum Gasteiger partial charge on any atom is -0.487 e. The molecular formula is C22H24ClN5O2. The minimum absolute atomic E-state index is 0.183. The Morgan fingerprint density at radius 1 is 1.20 bits per heavy atom. The summed E-state index contributed by atoms with van der Waals surface area (Å²) in [6.07, 6.45) is 6.11. The topological polar surface area (TPSA) is 63.5 Å². The van der Waals surface area contributed by atoms with Crippen molar-refractivity contribution in [1.82, 2.24) is 19.4 Å². The standard InChI is InChI=1S/C22H24ClN5O2/c1-26-9-7-19(14-26)27(2)21-6-5-18(13-25-21)28-10-8-20(11-22(28)29)30-15-17-4-3-16(23)12-24-17/h3-6,8,10-13,19H,7,9,14-15H2,1-2H3/t19-/m0/s1. The van der Waals surface area contributed by atoms with Crippen molar-refractivity contribution < 1.29 is 4.74 Å². The molecule has 8 heteroatoms. The van der Waals surface area contributed by atoms with Gasteiger partial charge in [-0.05, 0) is 50.3 Å². The van der Waals surface area contributed by atoms with Crippen molar-refractivity contribution in [1.29, 1.82) is 0 Å². The zero-order valence-corrected chi connectivity index (χ0v) is 17.8. The van der Waals surface area contributed by atoms with E-state index in [9.17, 15) is 4.79 Å². The van der Waals surface area contributed by atoms with Gasteiger partial charge in [0.2, 0.25) is 0 Å². The Kier molecular flexibility index (Phi) is 6.01. The van der Waals surface area contributed by atoms with Gasteiger partial charge in [-0.15, -0.1) is 0 Å². The molecule has 156 valence electrons. The molecule has 1 fully saturated rings. The number of anilines is 1. The van der Waals surface area contributed by atoms with E-state index >= 15 is 0 Å². The van der Waals surface area contributed by atoms with Crippen LogP contribution in [0.3, 0.4) is 0 Å². The summed E-state index contributed by atoms with van der Waals surface area (Å²) in [5.74, 6) is 1.39. The van der Waals surface area contributed by atoms with E-state index in [1.165, 1.54) is 6.07 Å². The van der Waals surface area contributed by atoms with Crippen LogP contribution in [0.2, 0.25) is 5.02 Å². The van der Waals surface area contributed by atoms with Crippen molar-refractivity contribution in [3.63, 3.8) is 0 Å². The first-order valence-electron chi connectivity index (χ1n) is 9.83. The van der Waals surface area contributed by atoms with Crippen LogP contribution in [0.5, 0.6) is 5.75 Å². The first-order valence-corrected chi connectivity index (χ1v) is 10.2. The van der Waals surface area contributed by atoms with Crippen molar-refractivity contribution in [3.05, 3.63) is 76.1 Å². The van der Waals surface area contributed by atoms with Crippen LogP contribution >= 0.6 is 11.6 Å². The maximum Gasteiger partial charge on any atom is 0.258 e. The predicted octanol–water partition coefficient (Wildman–Crippen LogP) is 3.00. The monoisotopic (exact) mass is 425 g/mol. The number of halogens is 1. The van der Waals surface area contributed by atoms with Crippen molar-refractivity contribution in [2.45, 2.75) is 19.1 Å². The van der Waals surface area contributed by atoms with Crippen molar-refractivity contribution in [3.8, 4) is 11.4 Å². The van der Waals surface area contributed by atoms with Crippen LogP contribution in [0.4, 0.5) is 5.82 Å². The van der Waals surface area contributed by atoms with Gasteiger partial charge in [-0.3, -0.25) is 14.3 Å². The first-order chi connectivity index (χ1) is 14.5. The van der Waals surface area contributed by atoms with Gasteiger partial charge in [0.1, 0.15) is 18.2 Å². The van der Waals surface area contributed by atoms with Crippen LogP contribution in [0.25, 0.3) is 5.69 Å². The molecule has 0 N–H and O–H groups in total. The molecule has 30 heavy (non-hydrogen) atoms. The van der Waals surface area contributed by atoms with Gasteiger partial charge >= 0.3 is 0 Å². The number of hydrogen-bond donors (Lipinski definition) is 0. The van der Waals surface area contributed by atoms with Crippen molar-refractivity contribution in [2.75, 3.05) is 32.1 Å². The smallest absolute Gasteiger partial charge is 0.258 e. The summed E-state index contributed by atoms with van der Waals surface area (Å²) < 4.78 is 7.22. The summed E-state index contributed by atoms with van der Waals surface area (Å²) >= 11 is 5.83. The molecule has 0 aromatic carbocycles. The molecule has 4 heterocycles. The lowest BCUT2D eigenvalue weighted by Crippen LogP contribution is -2.34. The molecule has 0 unspecified atom stereocenters. The number of likely N-dealkylation sites (tertiary alicyclic amines) is 1. The molecule has 1 atom stereocenters. The fourth-order valence-corrected chi connectivity index (χ4v) is 3.67. The maximum atomic E-state index is 12.6. The lowest BCUT2D eigenvalue weighted by Gasteiger charge is -2.25. The average molecular weight is 426 g/mol. The summed E-state index contributed by atoms with van der Waals surface area (Å²) in [5, 5.41) is 0.572. The Hall–Kier alpha value is -2.90. The van der Waals surface area contributed by atoms with Crippen LogP contribution in [-0.4, -0.2) is 52.7 Å². The highest BCUT2D eigenvalue weighted by atomic mass is 35.5. The zero-order chi connectivity index (χ0) is 21.1. The predicted molar refractivity (Wildman–Crippen MR) is 118 cm³/mol. The second kappa shape index (κ2) is 8.85. The van der Waals surface area contributed by atoms with E-state index in [-0.39, 0.29) is 12.2 Å². The molecule has 0 spiro atoms. The summed E-state index contributed by atoms with van der Waals surface area (Å²) in [4.78, 5) is 25.8. The third kappa shape index (κ3) is 4.63. The highest BCUT2D eigenvalue weighted by molar-refractivity contribution is 6.30. The Balaban J connectivity index is 1.43. The molecule has 7 nitrogen and oxygen atoms in total. The van der Waals surface area contributed by atoms with Gasteiger partial charge in [-0.25, -0.2) is 4.98 Å². The summed E-state index contributed by atoms with van der Waals surface area (Å²) in [5.41, 5.74) is 1.27. The van der Waals surface area contributed by atoms with Crippen LogP contribution < -0.4 is 15.2 Å². The van der Waals surface area contributed by atoms with Gasteiger partial charge in [0, 0.05) is 38.1 Å². The lowest BCUT2D eigenvalue weighted by molar-refractivity contribution is 0.300. The minimum atomic E-state index is -0.183. The molecule has 0 aliphatic carbocycles. The van der Waals surface area contributed by atoms with Crippen molar-refractivity contribution in [2.24, 2.45) is 0 Å². The molecular weight excluding hydrogens is 402 g/mol. The van der Waals surface area contributed by atoms with E-state index < -0.39 is 0 Å². The van der Waals surface area contributed by atoms with Gasteiger partial charge < -0.3 is 14.5 Å². The van der Waals surface area contributed by atoms with Crippen LogP contribution in [0.1, 0.15) is 12.1 Å². The third-order valence-electron chi connectivity index (χ3n) is 5.35. The van der Waals surface area contributed by atoms with E-state index in [1.807, 2.05) is 12.1 Å². The van der Waals surface area contributed by atoms with E-state index in [2.05, 4.69) is 33.9 Å². The summed E-state index contributed by atoms with van der Waals surface area (Å²) in [6.45, 7) is 2.40. The number of nitrogens with zero attached hydrogens (tertiary/aromatic N) is 5. The molecule has 1 aliphatic heterocycles. The Morgan fingerprint density at radius 2 is 2.07 bits per heavy atom. The van der Waals surface area contributed by atoms with E-state index in [4.69, 9.17) is 16.3 Å². The summed E-state index contributed by atoms with van der Waals surface area (Å²) in [7, 11) is 4.20. The van der Waals surface area contributed by atoms with Crippen LogP contribution in [0, 0.1) is 0 Å². The number of rotatable bonds is 6. The van der Waals surface area contributed by atoms with Gasteiger partial charge in [0.15, 0.2) is 0 Å². The number of ether oxygens (including phenoxy) is 1. The van der Waals surface area contributed by atoms with E-state index in [0.29, 0.717) is 22.5 Å². The Bertz CT molecular complexity index is 1050. The SMILES string of the molecule is CN1CC[C@H](N(C)c2ccc(-n3ccc(OCc4ccc(Cl)cn4)cc3=O)cn2)C1. The van der Waals surface area contributed by atoms with E-state index in [1.54, 1.807) is 41.4 Å². The van der Waals surface area contributed by atoms with Crippen molar-refractivity contribution >= 4 is 17.4 Å². The number of hydrogen-bond acceptors (Lipinski definition) is 6. The van der Waals surface area contributed by atoms with Gasteiger partial charge in [-0.2, -0.15) is 0 Å². The fourth-order valence-electron chi connectivity index (χ4n) is 3.56. The second-order valence-electron chi connectivity index (χ2n) is 7.52. The quantitative estimate of drug-likeness (QED) is 0.605. The molecule has 3 aromatic rings. The van der Waals surface area contributed by atoms with Crippen LogP contribution in [-0.2, 0) is 6.61 Å². The molecule has 0 bridgehead atoms. The number of pyridine rings is 3. The largest absolute Gasteiger partial charge is 0.487 e. The lowest BCUT2D eigenvalue weighted by atomic mass is 10.2. The average Bonchev–Trinajstić information content (AvgIpc) is 3.19. The molecule has 3 aromatic heterocycles. The van der Waals surface area contributed by atoms with Gasteiger partial charge in [0.05, 0.1) is 22.6 Å². The normalized spacial score (nSPS) is 16.6. The molecule has 1 aliphatic rings. The third-order valence-corrected chi connectivity index (χ3v) is 5.58. The Labute approximate surface area is 180 Å². The molecule has 1 saturated heterocycles. The highest BCUT2D eigenvalue weighted by Gasteiger charge is 2.24. The number of aromatic nitrogens is 3. The summed E-state index contributed by atoms with van der Waals surface area (Å²) in [6, 6.07) is 11.1. The molecule has 0 radical (unpaired) electrons. The van der Waals surface area contributed by atoms with Gasteiger partial charge in [0.25, 0.3) is 5.56 Å². The highest BCUT2D eigenvalue weighted by Crippen LogP contribution is 2.20. The van der Waals surface area contributed by atoms with Gasteiger partial charge in [-0.1, -0.05) is 11.6 Å². The van der Waals surface area contributed by atoms with Crippen LogP contribution in [0.15, 0.2) is 59.8 Å². The second-order valence-corrected chi connectivity index (χ2v) is 7.95. The molecule has 0 amide bonds. The fraction of sp³-hybridized carbons (Fsp3) is 0.318. The van der Waals surface area contributed by atoms with E-state index in [0.717, 1.165) is 31.0 Å².